The second-order valence-electron chi connectivity index (χ2n) is 7.88. The quantitative estimate of drug-likeness (QED) is 0.752. The number of nitrogens with one attached hydrogen (secondary N) is 1. The number of rotatable bonds is 3. The number of Topliss-reactive ketones (excluding diaryl/α,β-unsaturated/α-hetero) is 1. The normalized spacial score (nSPS) is 23.9. The first kappa shape index (κ1) is 18.5. The zero-order valence-electron chi connectivity index (χ0n) is 16.1. The van der Waals surface area contributed by atoms with Crippen molar-refractivity contribution in [2.45, 2.75) is 77.2 Å². The van der Waals surface area contributed by atoms with Crippen LogP contribution in [0.1, 0.15) is 74.0 Å². The molecule has 1 aromatic heterocycles. The van der Waals surface area contributed by atoms with Crippen molar-refractivity contribution in [3.63, 3.8) is 0 Å². The van der Waals surface area contributed by atoms with Gasteiger partial charge in [-0.1, -0.05) is 6.42 Å². The van der Waals surface area contributed by atoms with Crippen LogP contribution in [0.15, 0.2) is 34.7 Å². The molecule has 2 aliphatic carbocycles. The monoisotopic (exact) mass is 385 g/mol. The molecule has 0 saturated heterocycles. The zero-order chi connectivity index (χ0) is 19.0. The maximum atomic E-state index is 13.2. The Morgan fingerprint density at radius 2 is 1.89 bits per heavy atom. The van der Waals surface area contributed by atoms with Crippen LogP contribution in [0, 0.1) is 6.92 Å². The van der Waals surface area contributed by atoms with Gasteiger partial charge in [0.15, 0.2) is 5.78 Å². The van der Waals surface area contributed by atoms with Crippen molar-refractivity contribution in [3.05, 3.63) is 44.4 Å². The highest BCUT2D eigenvalue weighted by molar-refractivity contribution is 7.12. The van der Waals surface area contributed by atoms with Crippen LogP contribution in [-0.4, -0.2) is 17.9 Å². The highest BCUT2D eigenvalue weighted by atomic mass is 32.1. The lowest BCUT2D eigenvalue weighted by atomic mass is 9.78. The van der Waals surface area contributed by atoms with Gasteiger partial charge >= 0.3 is 5.97 Å². The molecule has 1 N–H and O–H groups in total. The summed E-state index contributed by atoms with van der Waals surface area (Å²) < 4.78 is 5.91. The molecule has 4 rings (SSSR count). The van der Waals surface area contributed by atoms with E-state index in [0.717, 1.165) is 60.4 Å². The zero-order valence-corrected chi connectivity index (χ0v) is 16.9. The first-order valence-electron chi connectivity index (χ1n) is 10.1. The van der Waals surface area contributed by atoms with Crippen molar-refractivity contribution in [2.24, 2.45) is 0 Å². The predicted molar refractivity (Wildman–Crippen MR) is 106 cm³/mol. The summed E-state index contributed by atoms with van der Waals surface area (Å²) in [7, 11) is 0. The van der Waals surface area contributed by atoms with E-state index >= 15 is 0 Å². The molecular weight excluding hydrogens is 358 g/mol. The number of carbonyl (C=O) groups excluding carboxylic acids is 2. The highest BCUT2D eigenvalue weighted by Gasteiger charge is 2.40. The molecule has 144 valence electrons. The SMILES string of the molecule is CC1=C(C(=O)OC2CCCCC2)[C@H](c2ccc(C)s2)C2=C(CCCC2=O)N1. The van der Waals surface area contributed by atoms with E-state index in [9.17, 15) is 9.59 Å². The van der Waals surface area contributed by atoms with Crippen molar-refractivity contribution < 1.29 is 14.3 Å². The van der Waals surface area contributed by atoms with Gasteiger partial charge in [0, 0.05) is 33.1 Å². The van der Waals surface area contributed by atoms with E-state index in [2.05, 4.69) is 24.4 Å². The van der Waals surface area contributed by atoms with Crippen molar-refractivity contribution >= 4 is 23.1 Å². The van der Waals surface area contributed by atoms with Gasteiger partial charge in [-0.3, -0.25) is 4.79 Å². The molecule has 0 amide bonds. The van der Waals surface area contributed by atoms with E-state index in [4.69, 9.17) is 4.74 Å². The Kier molecular flexibility index (Phi) is 5.22. The minimum Gasteiger partial charge on any atom is -0.459 e. The van der Waals surface area contributed by atoms with E-state index < -0.39 is 0 Å². The predicted octanol–water partition coefficient (Wildman–Crippen LogP) is 4.90. The smallest absolute Gasteiger partial charge is 0.337 e. The summed E-state index contributed by atoms with van der Waals surface area (Å²) in [5.74, 6) is -0.382. The molecule has 0 unspecified atom stereocenters. The Hall–Kier alpha value is -1.88. The number of ether oxygens (including phenoxy) is 1. The van der Waals surface area contributed by atoms with Gasteiger partial charge in [0.25, 0.3) is 0 Å². The molecule has 1 fully saturated rings. The van der Waals surface area contributed by atoms with E-state index in [1.54, 1.807) is 11.3 Å². The maximum absolute atomic E-state index is 13.2. The molecule has 0 spiro atoms. The summed E-state index contributed by atoms with van der Waals surface area (Å²) in [5.41, 5.74) is 3.23. The fourth-order valence-electron chi connectivity index (χ4n) is 4.54. The van der Waals surface area contributed by atoms with Gasteiger partial charge in [0.05, 0.1) is 11.5 Å². The van der Waals surface area contributed by atoms with E-state index in [1.807, 2.05) is 6.92 Å². The van der Waals surface area contributed by atoms with Gasteiger partial charge in [-0.05, 0) is 64.5 Å². The molecule has 3 aliphatic rings. The van der Waals surface area contributed by atoms with Crippen LogP contribution < -0.4 is 5.32 Å². The van der Waals surface area contributed by atoms with Gasteiger partial charge in [-0.15, -0.1) is 11.3 Å². The second kappa shape index (κ2) is 7.63. The molecular formula is C22H27NO3S. The second-order valence-corrected chi connectivity index (χ2v) is 9.20. The van der Waals surface area contributed by atoms with E-state index in [0.29, 0.717) is 12.0 Å². The molecule has 4 nitrogen and oxygen atoms in total. The molecule has 1 atom stereocenters. The maximum Gasteiger partial charge on any atom is 0.337 e. The standard InChI is InChI=1S/C22H27NO3S/c1-13-11-12-18(27-13)21-19(22(25)26-15-7-4-3-5-8-15)14(2)23-16-9-6-10-17(24)20(16)21/h11-12,15,21,23H,3-10H2,1-2H3/t21-/m0/s1. The lowest BCUT2D eigenvalue weighted by Gasteiger charge is -2.34. The molecule has 0 bridgehead atoms. The average Bonchev–Trinajstić information content (AvgIpc) is 3.07. The van der Waals surface area contributed by atoms with Gasteiger partial charge in [0.2, 0.25) is 0 Å². The minimum absolute atomic E-state index is 0.00899. The fourth-order valence-corrected chi connectivity index (χ4v) is 5.54. The van der Waals surface area contributed by atoms with E-state index in [-0.39, 0.29) is 23.8 Å². The molecule has 1 aliphatic heterocycles. The first-order valence-corrected chi connectivity index (χ1v) is 10.9. The van der Waals surface area contributed by atoms with Crippen LogP contribution >= 0.6 is 11.3 Å². The summed E-state index contributed by atoms with van der Waals surface area (Å²) in [6, 6.07) is 4.12. The lowest BCUT2D eigenvalue weighted by molar-refractivity contribution is -0.146. The Balaban J connectivity index is 1.71. The van der Waals surface area contributed by atoms with Crippen molar-refractivity contribution in [1.82, 2.24) is 5.32 Å². The van der Waals surface area contributed by atoms with Gasteiger partial charge in [-0.2, -0.15) is 0 Å². The van der Waals surface area contributed by atoms with Gasteiger partial charge < -0.3 is 10.1 Å². The third-order valence-electron chi connectivity index (χ3n) is 5.87. The van der Waals surface area contributed by atoms with Crippen LogP contribution in [-0.2, 0) is 14.3 Å². The highest BCUT2D eigenvalue weighted by Crippen LogP contribution is 2.44. The number of dihydropyridines is 1. The largest absolute Gasteiger partial charge is 0.459 e. The summed E-state index contributed by atoms with van der Waals surface area (Å²) in [5, 5.41) is 3.37. The minimum atomic E-state index is -0.288. The average molecular weight is 386 g/mol. The number of aryl methyl sites for hydroxylation is 1. The van der Waals surface area contributed by atoms with Crippen LogP contribution in [0.3, 0.4) is 0 Å². The number of carbonyl (C=O) groups is 2. The Bertz CT molecular complexity index is 826. The van der Waals surface area contributed by atoms with Crippen molar-refractivity contribution in [1.29, 1.82) is 0 Å². The molecule has 27 heavy (non-hydrogen) atoms. The molecule has 0 radical (unpaired) electrons. The number of ketones is 1. The topological polar surface area (TPSA) is 55.4 Å². The molecule has 1 aromatic rings. The number of esters is 1. The molecule has 5 heteroatoms. The fraction of sp³-hybridized carbons (Fsp3) is 0.545. The number of allylic oxidation sites excluding steroid dienone is 3. The summed E-state index contributed by atoms with van der Waals surface area (Å²) >= 11 is 1.67. The third-order valence-corrected chi connectivity index (χ3v) is 6.93. The van der Waals surface area contributed by atoms with Crippen LogP contribution in [0.25, 0.3) is 0 Å². The van der Waals surface area contributed by atoms with Crippen LogP contribution in [0.4, 0.5) is 0 Å². The van der Waals surface area contributed by atoms with Crippen molar-refractivity contribution in [2.75, 3.05) is 0 Å². The molecule has 0 aromatic carbocycles. The molecule has 1 saturated carbocycles. The van der Waals surface area contributed by atoms with Crippen molar-refractivity contribution in [3.8, 4) is 0 Å². The van der Waals surface area contributed by atoms with Crippen LogP contribution in [0.2, 0.25) is 0 Å². The molecule has 2 heterocycles. The Morgan fingerprint density at radius 3 is 2.59 bits per heavy atom. The first-order chi connectivity index (χ1) is 13.0. The third kappa shape index (κ3) is 3.62. The van der Waals surface area contributed by atoms with Gasteiger partial charge in [-0.25, -0.2) is 4.79 Å². The number of hydrogen-bond acceptors (Lipinski definition) is 5. The number of thiophene rings is 1. The summed E-state index contributed by atoms with van der Waals surface area (Å²) in [4.78, 5) is 28.3. The lowest BCUT2D eigenvalue weighted by Crippen LogP contribution is -2.35. The Labute approximate surface area is 164 Å². The van der Waals surface area contributed by atoms with E-state index in [1.165, 1.54) is 11.3 Å². The van der Waals surface area contributed by atoms with Gasteiger partial charge in [0.1, 0.15) is 6.10 Å². The number of hydrogen-bond donors (Lipinski definition) is 1. The summed E-state index contributed by atoms with van der Waals surface area (Å²) in [6.07, 6.45) is 7.66. The summed E-state index contributed by atoms with van der Waals surface area (Å²) in [6.45, 7) is 4.00. The van der Waals surface area contributed by atoms with Crippen LogP contribution in [0.5, 0.6) is 0 Å². The Morgan fingerprint density at radius 1 is 1.11 bits per heavy atom.